The Balaban J connectivity index is 1.69. The number of aliphatic hydroxyl groups excluding tert-OH is 1. The highest BCUT2D eigenvalue weighted by molar-refractivity contribution is 5.72. The second-order valence-electron chi connectivity index (χ2n) is 7.31. The zero-order chi connectivity index (χ0) is 20.1. The molecule has 1 fully saturated rings. The number of ether oxygens (including phenoxy) is 1. The van der Waals surface area contributed by atoms with Crippen LogP contribution in [0.2, 0.25) is 0 Å². The molecule has 0 saturated carbocycles. The molecule has 0 bridgehead atoms. The number of aromatic nitrogens is 4. The number of imidazole rings is 1. The first kappa shape index (κ1) is 20.6. The van der Waals surface area contributed by atoms with Gasteiger partial charge in [-0.1, -0.05) is 0 Å². The molecule has 0 radical (unpaired) electrons. The molecule has 0 aliphatic carbocycles. The fourth-order valence-corrected chi connectivity index (χ4v) is 3.40. The summed E-state index contributed by atoms with van der Waals surface area (Å²) in [5.41, 5.74) is -0.0552. The van der Waals surface area contributed by atoms with Gasteiger partial charge in [-0.2, -0.15) is 4.98 Å². The maximum Gasteiger partial charge on any atom is 0.332 e. The molecule has 1 atom stereocenters. The number of rotatable bonds is 9. The molecule has 3 N–H and O–H groups in total. The lowest BCUT2D eigenvalue weighted by Gasteiger charge is -2.26. The van der Waals surface area contributed by atoms with E-state index in [0.29, 0.717) is 43.0 Å². The Labute approximate surface area is 163 Å². The molecule has 1 saturated heterocycles. The number of anilines is 1. The largest absolute Gasteiger partial charge is 0.393 e. The highest BCUT2D eigenvalue weighted by Gasteiger charge is 2.16. The third-order valence-corrected chi connectivity index (χ3v) is 5.06. The third kappa shape index (κ3) is 4.81. The van der Waals surface area contributed by atoms with Gasteiger partial charge in [0.2, 0.25) is 5.95 Å². The Kier molecular flexibility index (Phi) is 6.87. The Morgan fingerprint density at radius 3 is 2.71 bits per heavy atom. The van der Waals surface area contributed by atoms with Crippen molar-refractivity contribution < 1.29 is 9.84 Å². The number of aliphatic hydroxyl groups is 1. The molecule has 1 unspecified atom stereocenters. The van der Waals surface area contributed by atoms with Gasteiger partial charge in [-0.05, 0) is 26.2 Å². The number of unbranched alkanes of at least 4 members (excludes halogenated alkanes) is 1. The summed E-state index contributed by atoms with van der Waals surface area (Å²) >= 11 is 0. The van der Waals surface area contributed by atoms with Gasteiger partial charge in [0.15, 0.2) is 11.2 Å². The first-order valence-corrected chi connectivity index (χ1v) is 9.89. The maximum atomic E-state index is 12.7. The molecular formula is C18H30N6O4. The van der Waals surface area contributed by atoms with E-state index in [1.807, 2.05) is 0 Å². The minimum Gasteiger partial charge on any atom is -0.393 e. The van der Waals surface area contributed by atoms with Gasteiger partial charge in [0.05, 0.1) is 19.3 Å². The zero-order valence-corrected chi connectivity index (χ0v) is 16.6. The van der Waals surface area contributed by atoms with E-state index in [-0.39, 0.29) is 17.4 Å². The van der Waals surface area contributed by atoms with Crippen molar-refractivity contribution in [3.8, 4) is 0 Å². The van der Waals surface area contributed by atoms with E-state index < -0.39 is 0 Å². The van der Waals surface area contributed by atoms with Gasteiger partial charge in [-0.25, -0.2) is 4.79 Å². The van der Waals surface area contributed by atoms with Crippen LogP contribution in [0.15, 0.2) is 9.59 Å². The molecule has 28 heavy (non-hydrogen) atoms. The first-order valence-electron chi connectivity index (χ1n) is 9.89. The van der Waals surface area contributed by atoms with Crippen LogP contribution in [0.1, 0.15) is 26.2 Å². The molecule has 2 aromatic rings. The van der Waals surface area contributed by atoms with Crippen molar-refractivity contribution in [1.82, 2.24) is 24.0 Å². The molecule has 1 aliphatic rings. The van der Waals surface area contributed by atoms with Crippen LogP contribution in [-0.2, 0) is 18.3 Å². The van der Waals surface area contributed by atoms with Crippen molar-refractivity contribution in [3.63, 3.8) is 0 Å². The summed E-state index contributed by atoms with van der Waals surface area (Å²) in [6, 6.07) is 0. The summed E-state index contributed by atoms with van der Waals surface area (Å²) in [5.74, 6) is 0.488. The van der Waals surface area contributed by atoms with Crippen LogP contribution in [-0.4, -0.2) is 74.6 Å². The Bertz CT molecular complexity index is 894. The van der Waals surface area contributed by atoms with Gasteiger partial charge >= 0.3 is 5.69 Å². The normalized spacial score (nSPS) is 16.5. The lowest BCUT2D eigenvalue weighted by molar-refractivity contribution is 0.0398. The van der Waals surface area contributed by atoms with Crippen molar-refractivity contribution in [3.05, 3.63) is 20.8 Å². The van der Waals surface area contributed by atoms with Gasteiger partial charge in [0.1, 0.15) is 0 Å². The van der Waals surface area contributed by atoms with E-state index in [1.54, 1.807) is 14.0 Å². The molecule has 156 valence electrons. The van der Waals surface area contributed by atoms with Gasteiger partial charge in [-0.15, -0.1) is 0 Å². The lowest BCUT2D eigenvalue weighted by Crippen LogP contribution is -2.39. The lowest BCUT2D eigenvalue weighted by atomic mass is 10.2. The number of morpholine rings is 1. The van der Waals surface area contributed by atoms with Crippen LogP contribution in [0.5, 0.6) is 0 Å². The first-order chi connectivity index (χ1) is 13.5. The molecule has 1 aliphatic heterocycles. The summed E-state index contributed by atoms with van der Waals surface area (Å²) in [6.45, 7) is 6.93. The summed E-state index contributed by atoms with van der Waals surface area (Å²) in [7, 11) is 1.62. The zero-order valence-electron chi connectivity index (χ0n) is 16.6. The number of nitrogens with zero attached hydrogens (tertiary/aromatic N) is 4. The van der Waals surface area contributed by atoms with E-state index in [0.717, 1.165) is 39.3 Å². The van der Waals surface area contributed by atoms with Crippen molar-refractivity contribution >= 4 is 17.1 Å². The number of aryl methyl sites for hydroxylation is 1. The van der Waals surface area contributed by atoms with E-state index in [9.17, 15) is 14.7 Å². The molecular weight excluding hydrogens is 364 g/mol. The van der Waals surface area contributed by atoms with Crippen molar-refractivity contribution in [2.45, 2.75) is 38.8 Å². The van der Waals surface area contributed by atoms with Gasteiger partial charge in [-0.3, -0.25) is 18.8 Å². The van der Waals surface area contributed by atoms with E-state index in [2.05, 4.69) is 20.2 Å². The minimum atomic E-state index is -0.374. The fourth-order valence-electron chi connectivity index (χ4n) is 3.40. The van der Waals surface area contributed by atoms with Gasteiger partial charge < -0.3 is 20.1 Å². The average Bonchev–Trinajstić information content (AvgIpc) is 3.11. The summed E-state index contributed by atoms with van der Waals surface area (Å²) in [6.07, 6.45) is 1.69. The maximum absolute atomic E-state index is 12.7. The van der Waals surface area contributed by atoms with Crippen molar-refractivity contribution in [1.29, 1.82) is 0 Å². The standard InChI is InChI=1S/C18H30N6O4/c1-13(25)5-3-4-7-24-16(26)14-15(22(2)18(24)27)21-17(20-14)19-6-8-23-9-11-28-12-10-23/h13,25H,3-12H2,1-2H3,(H2,19,20,21). The number of fused-ring (bicyclic) bond motifs is 1. The predicted molar refractivity (Wildman–Crippen MR) is 107 cm³/mol. The average molecular weight is 394 g/mol. The molecule has 0 spiro atoms. The molecule has 3 rings (SSSR count). The van der Waals surface area contributed by atoms with Crippen LogP contribution in [0, 0.1) is 0 Å². The summed E-state index contributed by atoms with van der Waals surface area (Å²) < 4.78 is 7.97. The SMILES string of the molecule is CC(O)CCCCn1c(=O)c2[nH]c(NCCN3CCOCC3)nc2n(C)c1=O. The van der Waals surface area contributed by atoms with Crippen LogP contribution >= 0.6 is 0 Å². The quantitative estimate of drug-likeness (QED) is 0.501. The van der Waals surface area contributed by atoms with E-state index in [1.165, 1.54) is 9.13 Å². The number of hydrogen-bond acceptors (Lipinski definition) is 7. The summed E-state index contributed by atoms with van der Waals surface area (Å²) in [5, 5.41) is 12.5. The predicted octanol–water partition coefficient (Wildman–Crippen LogP) is -0.281. The minimum absolute atomic E-state index is 0.325. The van der Waals surface area contributed by atoms with Gasteiger partial charge in [0, 0.05) is 39.8 Å². The van der Waals surface area contributed by atoms with E-state index >= 15 is 0 Å². The summed E-state index contributed by atoms with van der Waals surface area (Å²) in [4.78, 5) is 35.0. The Morgan fingerprint density at radius 1 is 1.25 bits per heavy atom. The monoisotopic (exact) mass is 394 g/mol. The number of H-pyrrole nitrogens is 1. The molecule has 3 heterocycles. The van der Waals surface area contributed by atoms with Crippen molar-refractivity contribution in [2.24, 2.45) is 7.05 Å². The van der Waals surface area contributed by atoms with Crippen LogP contribution in [0.3, 0.4) is 0 Å². The second-order valence-corrected chi connectivity index (χ2v) is 7.31. The topological polar surface area (TPSA) is 117 Å². The van der Waals surface area contributed by atoms with Crippen LogP contribution < -0.4 is 16.6 Å². The Hall–Kier alpha value is -2.17. The smallest absolute Gasteiger partial charge is 0.332 e. The number of hydrogen-bond donors (Lipinski definition) is 3. The third-order valence-electron chi connectivity index (χ3n) is 5.06. The highest BCUT2D eigenvalue weighted by atomic mass is 16.5. The van der Waals surface area contributed by atoms with Crippen molar-refractivity contribution in [2.75, 3.05) is 44.7 Å². The molecule has 10 nitrogen and oxygen atoms in total. The molecule has 2 aromatic heterocycles. The van der Waals surface area contributed by atoms with Gasteiger partial charge in [0.25, 0.3) is 5.56 Å². The van der Waals surface area contributed by atoms with Crippen LogP contribution in [0.4, 0.5) is 5.95 Å². The Morgan fingerprint density at radius 2 is 2.00 bits per heavy atom. The fraction of sp³-hybridized carbons (Fsp3) is 0.722. The number of aromatic amines is 1. The second kappa shape index (κ2) is 9.35. The molecule has 0 aromatic carbocycles. The molecule has 10 heteroatoms. The van der Waals surface area contributed by atoms with Crippen LogP contribution in [0.25, 0.3) is 11.2 Å². The van der Waals surface area contributed by atoms with E-state index in [4.69, 9.17) is 4.74 Å². The number of nitrogens with one attached hydrogen (secondary N) is 2. The highest BCUT2D eigenvalue weighted by Crippen LogP contribution is 2.09. The molecule has 0 amide bonds.